The first-order valence-electron chi connectivity index (χ1n) is 4.85. The van der Waals surface area contributed by atoms with Gasteiger partial charge in [0.25, 0.3) is 0 Å². The normalized spacial score (nSPS) is 14.1. The van der Waals surface area contributed by atoms with Crippen molar-refractivity contribution < 1.29 is 17.9 Å². The molecular formula is C9H14F3N3O. The first kappa shape index (κ1) is 13.0. The van der Waals surface area contributed by atoms with E-state index in [-0.39, 0.29) is 6.61 Å². The van der Waals surface area contributed by atoms with Gasteiger partial charge in [0.1, 0.15) is 12.4 Å². The molecule has 1 aromatic heterocycles. The molecule has 16 heavy (non-hydrogen) atoms. The predicted molar refractivity (Wildman–Crippen MR) is 51.7 cm³/mol. The Morgan fingerprint density at radius 1 is 1.56 bits per heavy atom. The van der Waals surface area contributed by atoms with Crippen LogP contribution in [0.2, 0.25) is 0 Å². The molecule has 7 heteroatoms. The lowest BCUT2D eigenvalue weighted by Gasteiger charge is -2.14. The maximum atomic E-state index is 11.8. The van der Waals surface area contributed by atoms with Crippen molar-refractivity contribution in [1.82, 2.24) is 9.55 Å². The minimum Gasteiger partial charge on any atom is -0.370 e. The Balaban J connectivity index is 2.44. The van der Waals surface area contributed by atoms with Gasteiger partial charge in [0.15, 0.2) is 0 Å². The quantitative estimate of drug-likeness (QED) is 0.844. The lowest BCUT2D eigenvalue weighted by molar-refractivity contribution is -0.175. The Kier molecular flexibility index (Phi) is 4.31. The lowest BCUT2D eigenvalue weighted by atomic mass is 10.3. The molecule has 4 nitrogen and oxygen atoms in total. The summed E-state index contributed by atoms with van der Waals surface area (Å²) >= 11 is 0. The van der Waals surface area contributed by atoms with Crippen molar-refractivity contribution in [2.24, 2.45) is 5.73 Å². The van der Waals surface area contributed by atoms with Crippen LogP contribution in [0.1, 0.15) is 18.8 Å². The minimum atomic E-state index is -4.32. The Labute approximate surface area is 91.2 Å². The predicted octanol–water partition coefficient (Wildman–Crippen LogP) is 1.48. The number of imidazole rings is 1. The molecule has 0 fully saturated rings. The molecule has 1 heterocycles. The van der Waals surface area contributed by atoms with Crippen molar-refractivity contribution in [2.75, 3.05) is 13.2 Å². The minimum absolute atomic E-state index is 0.198. The van der Waals surface area contributed by atoms with Crippen LogP contribution in [0.4, 0.5) is 13.2 Å². The van der Waals surface area contributed by atoms with Crippen LogP contribution in [0.25, 0.3) is 0 Å². The molecule has 1 unspecified atom stereocenters. The molecule has 1 rings (SSSR count). The van der Waals surface area contributed by atoms with Crippen molar-refractivity contribution in [3.05, 3.63) is 18.2 Å². The number of aromatic nitrogens is 2. The smallest absolute Gasteiger partial charge is 0.370 e. The largest absolute Gasteiger partial charge is 0.411 e. The standard InChI is InChI=1S/C9H14F3N3O/c1-2-15-4-3-14-8(15)7(13)5-16-6-9(10,11)12/h3-4,7H,2,5-6,13H2,1H3. The average molecular weight is 237 g/mol. The van der Waals surface area contributed by atoms with Crippen LogP contribution in [0, 0.1) is 0 Å². The highest BCUT2D eigenvalue weighted by molar-refractivity contribution is 4.98. The number of nitrogens with zero attached hydrogens (tertiary/aromatic N) is 2. The summed E-state index contributed by atoms with van der Waals surface area (Å²) in [7, 11) is 0. The highest BCUT2D eigenvalue weighted by atomic mass is 19.4. The van der Waals surface area contributed by atoms with E-state index in [1.807, 2.05) is 6.92 Å². The summed E-state index contributed by atoms with van der Waals surface area (Å²) in [4.78, 5) is 3.98. The number of halogens is 3. The molecule has 0 aliphatic rings. The second kappa shape index (κ2) is 5.31. The first-order valence-corrected chi connectivity index (χ1v) is 4.85. The Morgan fingerprint density at radius 3 is 2.81 bits per heavy atom. The van der Waals surface area contributed by atoms with Gasteiger partial charge in [0.05, 0.1) is 12.6 Å². The fraction of sp³-hybridized carbons (Fsp3) is 0.667. The number of ether oxygens (including phenoxy) is 1. The molecule has 0 spiro atoms. The fourth-order valence-corrected chi connectivity index (χ4v) is 1.29. The van der Waals surface area contributed by atoms with Gasteiger partial charge in [-0.1, -0.05) is 0 Å². The summed E-state index contributed by atoms with van der Waals surface area (Å²) in [6, 6.07) is -0.641. The van der Waals surface area contributed by atoms with E-state index < -0.39 is 18.8 Å². The highest BCUT2D eigenvalue weighted by Gasteiger charge is 2.28. The van der Waals surface area contributed by atoms with E-state index in [4.69, 9.17) is 5.73 Å². The number of hydrogen-bond donors (Lipinski definition) is 1. The number of aryl methyl sites for hydroxylation is 1. The van der Waals surface area contributed by atoms with Crippen molar-refractivity contribution in [2.45, 2.75) is 25.7 Å². The lowest BCUT2D eigenvalue weighted by Crippen LogP contribution is -2.25. The van der Waals surface area contributed by atoms with Crippen LogP contribution < -0.4 is 5.73 Å². The van der Waals surface area contributed by atoms with E-state index in [0.717, 1.165) is 0 Å². The van der Waals surface area contributed by atoms with Crippen molar-refractivity contribution >= 4 is 0 Å². The van der Waals surface area contributed by atoms with Crippen LogP contribution >= 0.6 is 0 Å². The first-order chi connectivity index (χ1) is 7.44. The zero-order chi connectivity index (χ0) is 12.2. The van der Waals surface area contributed by atoms with Gasteiger partial charge < -0.3 is 15.0 Å². The van der Waals surface area contributed by atoms with E-state index >= 15 is 0 Å². The van der Waals surface area contributed by atoms with Crippen LogP contribution in [0.3, 0.4) is 0 Å². The van der Waals surface area contributed by atoms with E-state index in [0.29, 0.717) is 12.4 Å². The third-order valence-corrected chi connectivity index (χ3v) is 1.98. The summed E-state index contributed by atoms with van der Waals surface area (Å²) < 4.78 is 41.7. The maximum Gasteiger partial charge on any atom is 0.411 e. The van der Waals surface area contributed by atoms with Gasteiger partial charge in [-0.3, -0.25) is 0 Å². The highest BCUT2D eigenvalue weighted by Crippen LogP contribution is 2.16. The third-order valence-electron chi connectivity index (χ3n) is 1.98. The topological polar surface area (TPSA) is 53.1 Å². The number of hydrogen-bond acceptors (Lipinski definition) is 3. The molecule has 92 valence electrons. The number of nitrogens with two attached hydrogens (primary N) is 1. The molecule has 2 N–H and O–H groups in total. The van der Waals surface area contributed by atoms with Gasteiger partial charge >= 0.3 is 6.18 Å². The fourth-order valence-electron chi connectivity index (χ4n) is 1.29. The molecule has 0 amide bonds. The van der Waals surface area contributed by atoms with Crippen LogP contribution in [0.5, 0.6) is 0 Å². The molecule has 0 bridgehead atoms. The molecule has 0 aromatic carbocycles. The zero-order valence-corrected chi connectivity index (χ0v) is 8.87. The maximum absolute atomic E-state index is 11.8. The van der Waals surface area contributed by atoms with Gasteiger partial charge in [-0.25, -0.2) is 4.98 Å². The Morgan fingerprint density at radius 2 is 2.25 bits per heavy atom. The average Bonchev–Trinajstić information content (AvgIpc) is 2.63. The van der Waals surface area contributed by atoms with Gasteiger partial charge in [0.2, 0.25) is 0 Å². The summed E-state index contributed by atoms with van der Waals surface area (Å²) in [6.45, 7) is 1.08. The van der Waals surface area contributed by atoms with Crippen LogP contribution in [0.15, 0.2) is 12.4 Å². The molecular weight excluding hydrogens is 223 g/mol. The Bertz CT molecular complexity index is 324. The monoisotopic (exact) mass is 237 g/mol. The second-order valence-electron chi connectivity index (χ2n) is 3.31. The SMILES string of the molecule is CCn1ccnc1C(N)COCC(F)(F)F. The molecule has 1 atom stereocenters. The van der Waals surface area contributed by atoms with Gasteiger partial charge in [-0.2, -0.15) is 13.2 Å². The summed E-state index contributed by atoms with van der Waals surface area (Å²) in [6.07, 6.45) is -1.04. The molecule has 0 saturated carbocycles. The Hall–Kier alpha value is -1.08. The second-order valence-corrected chi connectivity index (χ2v) is 3.31. The van der Waals surface area contributed by atoms with Crippen molar-refractivity contribution in [1.29, 1.82) is 0 Å². The molecule has 0 saturated heterocycles. The van der Waals surface area contributed by atoms with Gasteiger partial charge in [0, 0.05) is 18.9 Å². The molecule has 0 radical (unpaired) electrons. The van der Waals surface area contributed by atoms with Crippen molar-refractivity contribution in [3.63, 3.8) is 0 Å². The van der Waals surface area contributed by atoms with E-state index in [1.165, 1.54) is 0 Å². The van der Waals surface area contributed by atoms with E-state index in [2.05, 4.69) is 9.72 Å². The summed E-state index contributed by atoms with van der Waals surface area (Å²) in [5.74, 6) is 0.532. The van der Waals surface area contributed by atoms with Gasteiger partial charge in [-0.05, 0) is 6.92 Å². The number of alkyl halides is 3. The summed E-state index contributed by atoms with van der Waals surface area (Å²) in [5.41, 5.74) is 5.67. The molecule has 1 aromatic rings. The van der Waals surface area contributed by atoms with E-state index in [9.17, 15) is 13.2 Å². The third kappa shape index (κ3) is 3.82. The molecule has 0 aliphatic heterocycles. The number of rotatable bonds is 5. The van der Waals surface area contributed by atoms with Gasteiger partial charge in [-0.15, -0.1) is 0 Å². The summed E-state index contributed by atoms with van der Waals surface area (Å²) in [5, 5.41) is 0. The van der Waals surface area contributed by atoms with Crippen LogP contribution in [-0.4, -0.2) is 28.9 Å². The molecule has 0 aliphatic carbocycles. The van der Waals surface area contributed by atoms with Crippen molar-refractivity contribution in [3.8, 4) is 0 Å². The van der Waals surface area contributed by atoms with E-state index in [1.54, 1.807) is 17.0 Å². The van der Waals surface area contributed by atoms with Crippen LogP contribution in [-0.2, 0) is 11.3 Å². The zero-order valence-electron chi connectivity index (χ0n) is 8.87.